The number of benzene rings is 1. The molecule has 0 aromatic heterocycles. The molecule has 82 valence electrons. The summed E-state index contributed by atoms with van der Waals surface area (Å²) in [5, 5.41) is 2.58. The molecule has 1 aromatic rings. The van der Waals surface area contributed by atoms with E-state index in [-0.39, 0.29) is 16.8 Å². The smallest absolute Gasteiger partial charge is 0.409 e. The molecule has 0 unspecified atom stereocenters. The van der Waals surface area contributed by atoms with Gasteiger partial charge in [0.1, 0.15) is 5.82 Å². The Bertz CT molecular complexity index is 368. The maximum Gasteiger partial charge on any atom is 0.412 e. The van der Waals surface area contributed by atoms with Gasteiger partial charge in [0.15, 0.2) is 5.75 Å². The Morgan fingerprint density at radius 3 is 2.73 bits per heavy atom. The normalized spacial score (nSPS) is 10.2. The van der Waals surface area contributed by atoms with E-state index in [4.69, 9.17) is 16.3 Å². The summed E-state index contributed by atoms with van der Waals surface area (Å²) in [6.07, 6.45) is -0.612. The van der Waals surface area contributed by atoms with E-state index in [0.717, 1.165) is 6.07 Å². The molecule has 0 aliphatic rings. The SMILES string of the molecule is CC(C)NC(=O)Oc1ccc(F)cc1Cl. The summed E-state index contributed by atoms with van der Waals surface area (Å²) in [6, 6.07) is 3.53. The molecular formula is C10H11ClFNO2. The first kappa shape index (κ1) is 11.8. The molecule has 3 nitrogen and oxygen atoms in total. The van der Waals surface area contributed by atoms with Gasteiger partial charge in [-0.2, -0.15) is 0 Å². The third-order valence-electron chi connectivity index (χ3n) is 1.50. The number of carbonyl (C=O) groups is 1. The highest BCUT2D eigenvalue weighted by atomic mass is 35.5. The van der Waals surface area contributed by atoms with Gasteiger partial charge in [-0.05, 0) is 32.0 Å². The third-order valence-corrected chi connectivity index (χ3v) is 1.80. The lowest BCUT2D eigenvalue weighted by Gasteiger charge is -2.09. The number of ether oxygens (including phenoxy) is 1. The van der Waals surface area contributed by atoms with E-state index in [0.29, 0.717) is 0 Å². The Morgan fingerprint density at radius 2 is 2.20 bits per heavy atom. The lowest BCUT2D eigenvalue weighted by Crippen LogP contribution is -2.32. The zero-order valence-corrected chi connectivity index (χ0v) is 9.14. The number of hydrogen-bond donors (Lipinski definition) is 1. The molecule has 1 N–H and O–H groups in total. The van der Waals surface area contributed by atoms with Crippen molar-refractivity contribution in [2.75, 3.05) is 0 Å². The third kappa shape index (κ3) is 3.75. The predicted octanol–water partition coefficient (Wildman–Crippen LogP) is 2.98. The zero-order valence-electron chi connectivity index (χ0n) is 8.38. The van der Waals surface area contributed by atoms with Gasteiger partial charge in [0.2, 0.25) is 0 Å². The quantitative estimate of drug-likeness (QED) is 0.850. The minimum atomic E-state index is -0.612. The highest BCUT2D eigenvalue weighted by Crippen LogP contribution is 2.24. The van der Waals surface area contributed by atoms with Crippen molar-refractivity contribution in [2.45, 2.75) is 19.9 Å². The van der Waals surface area contributed by atoms with Crippen LogP contribution in [0.1, 0.15) is 13.8 Å². The minimum Gasteiger partial charge on any atom is -0.409 e. The Kier molecular flexibility index (Phi) is 3.91. The fourth-order valence-corrected chi connectivity index (χ4v) is 1.13. The first-order valence-electron chi connectivity index (χ1n) is 4.42. The highest BCUT2D eigenvalue weighted by molar-refractivity contribution is 6.32. The van der Waals surface area contributed by atoms with Crippen molar-refractivity contribution in [1.82, 2.24) is 5.32 Å². The van der Waals surface area contributed by atoms with Crippen LogP contribution < -0.4 is 10.1 Å². The first-order valence-corrected chi connectivity index (χ1v) is 4.80. The summed E-state index contributed by atoms with van der Waals surface area (Å²) in [5.74, 6) is -0.340. The van der Waals surface area contributed by atoms with Crippen LogP contribution in [0.15, 0.2) is 18.2 Å². The Hall–Kier alpha value is -1.29. The topological polar surface area (TPSA) is 38.3 Å². The van der Waals surface area contributed by atoms with Gasteiger partial charge >= 0.3 is 6.09 Å². The molecule has 0 saturated carbocycles. The average Bonchev–Trinajstić information content (AvgIpc) is 2.08. The van der Waals surface area contributed by atoms with E-state index in [2.05, 4.69) is 5.32 Å². The summed E-state index contributed by atoms with van der Waals surface area (Å²) < 4.78 is 17.5. The molecule has 5 heteroatoms. The molecule has 0 radical (unpaired) electrons. The van der Waals surface area contributed by atoms with Crippen molar-refractivity contribution in [1.29, 1.82) is 0 Å². The molecule has 15 heavy (non-hydrogen) atoms. The van der Waals surface area contributed by atoms with E-state index in [9.17, 15) is 9.18 Å². The van der Waals surface area contributed by atoms with Crippen LogP contribution in [0.5, 0.6) is 5.75 Å². The molecular weight excluding hydrogens is 221 g/mol. The lowest BCUT2D eigenvalue weighted by atomic mass is 10.3. The summed E-state index contributed by atoms with van der Waals surface area (Å²) in [7, 11) is 0. The second kappa shape index (κ2) is 4.98. The highest BCUT2D eigenvalue weighted by Gasteiger charge is 2.09. The first-order chi connectivity index (χ1) is 6.99. The van der Waals surface area contributed by atoms with E-state index in [1.54, 1.807) is 13.8 Å². The monoisotopic (exact) mass is 231 g/mol. The maximum absolute atomic E-state index is 12.7. The second-order valence-corrected chi connectivity index (χ2v) is 3.67. The number of hydrogen-bond acceptors (Lipinski definition) is 2. The number of halogens is 2. The fourth-order valence-electron chi connectivity index (χ4n) is 0.923. The van der Waals surface area contributed by atoms with Crippen molar-refractivity contribution in [3.8, 4) is 5.75 Å². The summed E-state index contributed by atoms with van der Waals surface area (Å²) in [5.41, 5.74) is 0. The van der Waals surface area contributed by atoms with Gasteiger partial charge in [0.25, 0.3) is 0 Å². The maximum atomic E-state index is 12.7. The summed E-state index contributed by atoms with van der Waals surface area (Å²) >= 11 is 5.67. The molecule has 1 aromatic carbocycles. The minimum absolute atomic E-state index is 0.0308. The second-order valence-electron chi connectivity index (χ2n) is 3.26. The average molecular weight is 232 g/mol. The van der Waals surface area contributed by atoms with E-state index in [1.165, 1.54) is 12.1 Å². The van der Waals surface area contributed by atoms with Crippen LogP contribution in [0.3, 0.4) is 0 Å². The van der Waals surface area contributed by atoms with Gasteiger partial charge in [-0.1, -0.05) is 11.6 Å². The molecule has 0 aliphatic heterocycles. The van der Waals surface area contributed by atoms with Crippen molar-refractivity contribution in [3.63, 3.8) is 0 Å². The number of rotatable bonds is 2. The predicted molar refractivity (Wildman–Crippen MR) is 55.7 cm³/mol. The summed E-state index contributed by atoms with van der Waals surface area (Å²) in [4.78, 5) is 11.2. The number of carbonyl (C=O) groups excluding carboxylic acids is 1. The molecule has 0 atom stereocenters. The molecule has 1 amide bonds. The van der Waals surface area contributed by atoms with Crippen molar-refractivity contribution in [3.05, 3.63) is 29.0 Å². The van der Waals surface area contributed by atoms with E-state index >= 15 is 0 Å². The van der Waals surface area contributed by atoms with Crippen LogP contribution in [0.25, 0.3) is 0 Å². The van der Waals surface area contributed by atoms with Crippen LogP contribution in [0.4, 0.5) is 9.18 Å². The Balaban J connectivity index is 2.68. The molecule has 0 saturated heterocycles. The largest absolute Gasteiger partial charge is 0.412 e. The summed E-state index contributed by atoms with van der Waals surface area (Å²) in [6.45, 7) is 3.60. The van der Waals surface area contributed by atoms with Crippen LogP contribution in [-0.4, -0.2) is 12.1 Å². The van der Waals surface area contributed by atoms with Gasteiger partial charge in [-0.15, -0.1) is 0 Å². The standard InChI is InChI=1S/C10H11ClFNO2/c1-6(2)13-10(14)15-9-4-3-7(12)5-8(9)11/h3-6H,1-2H3,(H,13,14). The van der Waals surface area contributed by atoms with Crippen LogP contribution in [0.2, 0.25) is 5.02 Å². The number of nitrogens with one attached hydrogen (secondary N) is 1. The van der Waals surface area contributed by atoms with Crippen LogP contribution in [-0.2, 0) is 0 Å². The van der Waals surface area contributed by atoms with E-state index in [1.807, 2.05) is 0 Å². The van der Waals surface area contributed by atoms with E-state index < -0.39 is 11.9 Å². The molecule has 0 fully saturated rings. The molecule has 1 rings (SSSR count). The van der Waals surface area contributed by atoms with Crippen molar-refractivity contribution >= 4 is 17.7 Å². The zero-order chi connectivity index (χ0) is 11.4. The van der Waals surface area contributed by atoms with Crippen molar-refractivity contribution < 1.29 is 13.9 Å². The number of amides is 1. The van der Waals surface area contributed by atoms with Crippen LogP contribution >= 0.6 is 11.6 Å². The fraction of sp³-hybridized carbons (Fsp3) is 0.300. The van der Waals surface area contributed by atoms with Gasteiger partial charge in [-0.25, -0.2) is 9.18 Å². The van der Waals surface area contributed by atoms with Crippen LogP contribution in [0, 0.1) is 5.82 Å². The Labute approximate surface area is 92.2 Å². The molecule has 0 heterocycles. The van der Waals surface area contributed by atoms with Crippen molar-refractivity contribution in [2.24, 2.45) is 0 Å². The Morgan fingerprint density at radius 1 is 1.53 bits per heavy atom. The van der Waals surface area contributed by atoms with Gasteiger partial charge in [0.05, 0.1) is 5.02 Å². The lowest BCUT2D eigenvalue weighted by molar-refractivity contribution is 0.197. The molecule has 0 bridgehead atoms. The van der Waals surface area contributed by atoms with Gasteiger partial charge < -0.3 is 10.1 Å². The molecule has 0 spiro atoms. The molecule has 0 aliphatic carbocycles. The van der Waals surface area contributed by atoms with Gasteiger partial charge in [0, 0.05) is 6.04 Å². The van der Waals surface area contributed by atoms with Gasteiger partial charge in [-0.3, -0.25) is 0 Å².